The van der Waals surface area contributed by atoms with Crippen LogP contribution in [0.25, 0.3) is 10.9 Å². The first-order chi connectivity index (χ1) is 18.9. The van der Waals surface area contributed by atoms with Crippen molar-refractivity contribution in [1.29, 1.82) is 0 Å². The third-order valence-corrected chi connectivity index (χ3v) is 7.21. The highest BCUT2D eigenvalue weighted by atomic mass is 35.5. The van der Waals surface area contributed by atoms with Crippen molar-refractivity contribution in [2.24, 2.45) is 0 Å². The molecule has 0 unspecified atom stereocenters. The molecular formula is C27H30ClFN6O4. The van der Waals surface area contributed by atoms with Crippen molar-refractivity contribution in [1.82, 2.24) is 19.8 Å². The monoisotopic (exact) mass is 556 g/mol. The number of esters is 1. The van der Waals surface area contributed by atoms with Gasteiger partial charge in [0.05, 0.1) is 22.8 Å². The molecule has 0 spiro atoms. The lowest BCUT2D eigenvalue weighted by atomic mass is 10.2. The highest BCUT2D eigenvalue weighted by Gasteiger charge is 2.34. The van der Waals surface area contributed by atoms with Crippen LogP contribution in [0.15, 0.2) is 36.7 Å². The summed E-state index contributed by atoms with van der Waals surface area (Å²) in [5.74, 6) is 0.213. The summed E-state index contributed by atoms with van der Waals surface area (Å²) in [5.41, 5.74) is 7.98. The molecule has 2 fully saturated rings. The molecule has 5 rings (SSSR count). The zero-order valence-electron chi connectivity index (χ0n) is 21.4. The second kappa shape index (κ2) is 12.0. The van der Waals surface area contributed by atoms with Gasteiger partial charge in [0.25, 0.3) is 5.91 Å². The third-order valence-electron chi connectivity index (χ3n) is 6.92. The average Bonchev–Trinajstić information content (AvgIpc) is 3.37. The van der Waals surface area contributed by atoms with Crippen molar-refractivity contribution in [3.63, 3.8) is 0 Å². The lowest BCUT2D eigenvalue weighted by Gasteiger charge is -2.35. The Bertz CT molecular complexity index is 1370. The van der Waals surface area contributed by atoms with E-state index in [0.717, 1.165) is 32.5 Å². The lowest BCUT2D eigenvalue weighted by Crippen LogP contribution is -2.51. The number of carbonyl (C=O) groups excluding carboxylic acids is 2. The van der Waals surface area contributed by atoms with Crippen LogP contribution in [0.3, 0.4) is 0 Å². The van der Waals surface area contributed by atoms with E-state index in [1.807, 2.05) is 0 Å². The van der Waals surface area contributed by atoms with Crippen molar-refractivity contribution < 1.29 is 23.5 Å². The van der Waals surface area contributed by atoms with Crippen molar-refractivity contribution in [3.8, 4) is 5.75 Å². The Morgan fingerprint density at radius 2 is 2.00 bits per heavy atom. The molecule has 10 nitrogen and oxygen atoms in total. The number of benzene rings is 2. The Morgan fingerprint density at radius 1 is 1.18 bits per heavy atom. The molecule has 0 saturated carbocycles. The van der Waals surface area contributed by atoms with E-state index in [0.29, 0.717) is 66.4 Å². The van der Waals surface area contributed by atoms with Gasteiger partial charge in [-0.3, -0.25) is 14.5 Å². The summed E-state index contributed by atoms with van der Waals surface area (Å²) in [7, 11) is 0. The number of nitrogens with zero attached hydrogens (tertiary/aromatic N) is 4. The first-order valence-electron chi connectivity index (χ1n) is 13.0. The van der Waals surface area contributed by atoms with Crippen LogP contribution in [0, 0.1) is 5.82 Å². The molecule has 2 aliphatic rings. The number of amides is 1. The van der Waals surface area contributed by atoms with Crippen LogP contribution in [0.2, 0.25) is 5.02 Å². The normalized spacial score (nSPS) is 17.8. The van der Waals surface area contributed by atoms with Crippen molar-refractivity contribution in [3.05, 3.63) is 47.5 Å². The molecule has 1 atom stereocenters. The number of hydrogen-bond donors (Lipinski definition) is 2. The zero-order chi connectivity index (χ0) is 27.4. The van der Waals surface area contributed by atoms with Gasteiger partial charge in [-0.15, -0.1) is 0 Å². The molecule has 1 aromatic heterocycles. The van der Waals surface area contributed by atoms with Crippen LogP contribution in [-0.2, 0) is 14.3 Å². The first-order valence-corrected chi connectivity index (χ1v) is 13.3. The summed E-state index contributed by atoms with van der Waals surface area (Å²) in [6, 6.07) is 7.88. The largest absolute Gasteiger partial charge is 0.491 e. The Morgan fingerprint density at radius 3 is 2.74 bits per heavy atom. The van der Waals surface area contributed by atoms with Gasteiger partial charge in [0.2, 0.25) is 0 Å². The van der Waals surface area contributed by atoms with Gasteiger partial charge < -0.3 is 25.4 Å². The van der Waals surface area contributed by atoms with Crippen LogP contribution in [-0.4, -0.2) is 77.1 Å². The van der Waals surface area contributed by atoms with E-state index < -0.39 is 11.9 Å². The summed E-state index contributed by atoms with van der Waals surface area (Å²) in [4.78, 5) is 36.5. The molecule has 2 saturated heterocycles. The minimum absolute atomic E-state index is 0.0130. The minimum Gasteiger partial charge on any atom is -0.491 e. The molecule has 2 aromatic carbocycles. The number of aromatic nitrogens is 2. The molecule has 2 aliphatic heterocycles. The number of unbranched alkanes of at least 4 members (excludes halogenated alkanes) is 1. The number of nitrogen functional groups attached to an aromatic ring is 1. The fourth-order valence-corrected chi connectivity index (χ4v) is 4.93. The number of ether oxygens (including phenoxy) is 2. The van der Waals surface area contributed by atoms with Crippen LogP contribution < -0.4 is 15.8 Å². The van der Waals surface area contributed by atoms with Crippen LogP contribution in [0.5, 0.6) is 5.75 Å². The topological polar surface area (TPSA) is 123 Å². The summed E-state index contributed by atoms with van der Waals surface area (Å²) in [5, 5.41) is 3.85. The molecule has 39 heavy (non-hydrogen) atoms. The fraction of sp³-hybridized carbons (Fsp3) is 0.407. The van der Waals surface area contributed by atoms with E-state index in [1.165, 1.54) is 18.5 Å². The van der Waals surface area contributed by atoms with E-state index in [9.17, 15) is 14.0 Å². The standard InChI is InChI=1S/C27H30ClFN6O4/c28-19-13-17(3-4-20(19)29)33-26-18-14-21(30)24(15-22(18)31-16-32-26)38-12-2-1-7-34-8-10-35(11-9-34)27(37)23-5-6-25(36)39-23/h3-4,13-16,23H,1-2,5-12,30H2,(H,31,32,33)/t23-/m0/s1. The van der Waals surface area contributed by atoms with Crippen LogP contribution in [0.4, 0.5) is 21.6 Å². The number of anilines is 3. The Balaban J connectivity index is 1.08. The molecule has 12 heteroatoms. The minimum atomic E-state index is -0.605. The quantitative estimate of drug-likeness (QED) is 0.230. The number of fused-ring (bicyclic) bond motifs is 1. The summed E-state index contributed by atoms with van der Waals surface area (Å²) >= 11 is 5.89. The number of cyclic esters (lactones) is 1. The molecule has 0 radical (unpaired) electrons. The third kappa shape index (κ3) is 6.48. The van der Waals surface area contributed by atoms with E-state index in [2.05, 4.69) is 20.2 Å². The van der Waals surface area contributed by atoms with E-state index in [4.69, 9.17) is 26.8 Å². The second-order valence-corrected chi connectivity index (χ2v) is 10.0. The van der Waals surface area contributed by atoms with Gasteiger partial charge >= 0.3 is 5.97 Å². The Kier molecular flexibility index (Phi) is 8.27. The molecule has 3 heterocycles. The predicted octanol–water partition coefficient (Wildman–Crippen LogP) is 3.76. The highest BCUT2D eigenvalue weighted by molar-refractivity contribution is 6.31. The Labute approximate surface area is 230 Å². The highest BCUT2D eigenvalue weighted by Crippen LogP contribution is 2.32. The van der Waals surface area contributed by atoms with Gasteiger partial charge in [0, 0.05) is 56.2 Å². The van der Waals surface area contributed by atoms with Crippen LogP contribution in [0.1, 0.15) is 25.7 Å². The van der Waals surface area contributed by atoms with Gasteiger partial charge in [-0.05, 0) is 43.7 Å². The summed E-state index contributed by atoms with van der Waals surface area (Å²) in [6.07, 6.45) is 3.42. The van der Waals surface area contributed by atoms with E-state index >= 15 is 0 Å². The van der Waals surface area contributed by atoms with Gasteiger partial charge in [0.15, 0.2) is 6.10 Å². The SMILES string of the molecule is Nc1cc2c(Nc3ccc(F)c(Cl)c3)ncnc2cc1OCCCCN1CCN(C(=O)[C@@H]2CCC(=O)O2)CC1. The number of rotatable bonds is 9. The smallest absolute Gasteiger partial charge is 0.306 e. The van der Waals surface area contributed by atoms with Crippen molar-refractivity contribution >= 4 is 51.6 Å². The van der Waals surface area contributed by atoms with Gasteiger partial charge in [-0.1, -0.05) is 11.6 Å². The van der Waals surface area contributed by atoms with E-state index in [1.54, 1.807) is 23.1 Å². The molecule has 1 amide bonds. The zero-order valence-corrected chi connectivity index (χ0v) is 22.1. The average molecular weight is 557 g/mol. The number of piperazine rings is 1. The summed E-state index contributed by atoms with van der Waals surface area (Å²) in [6.45, 7) is 4.29. The van der Waals surface area contributed by atoms with Gasteiger partial charge in [0.1, 0.15) is 23.7 Å². The number of halogens is 2. The first kappa shape index (κ1) is 26.9. The lowest BCUT2D eigenvalue weighted by molar-refractivity contribution is -0.153. The van der Waals surface area contributed by atoms with Crippen molar-refractivity contribution in [2.75, 3.05) is 50.4 Å². The van der Waals surface area contributed by atoms with E-state index in [-0.39, 0.29) is 16.9 Å². The number of hydrogen-bond acceptors (Lipinski definition) is 9. The fourth-order valence-electron chi connectivity index (χ4n) is 4.75. The molecule has 3 aromatic rings. The predicted molar refractivity (Wildman–Crippen MR) is 146 cm³/mol. The maximum absolute atomic E-state index is 13.5. The number of carbonyl (C=O) groups is 2. The Hall–Kier alpha value is -3.70. The maximum atomic E-state index is 13.5. The maximum Gasteiger partial charge on any atom is 0.306 e. The van der Waals surface area contributed by atoms with Crippen molar-refractivity contribution in [2.45, 2.75) is 31.8 Å². The van der Waals surface area contributed by atoms with Crippen LogP contribution >= 0.6 is 11.6 Å². The van der Waals surface area contributed by atoms with Gasteiger partial charge in [-0.2, -0.15) is 0 Å². The second-order valence-electron chi connectivity index (χ2n) is 9.62. The molecule has 206 valence electrons. The molecule has 3 N–H and O–H groups in total. The molecular weight excluding hydrogens is 527 g/mol. The van der Waals surface area contributed by atoms with Gasteiger partial charge in [-0.25, -0.2) is 14.4 Å². The molecule has 0 aliphatic carbocycles. The number of nitrogens with two attached hydrogens (primary N) is 1. The molecule has 0 bridgehead atoms. The summed E-state index contributed by atoms with van der Waals surface area (Å²) < 4.78 is 24.6. The number of nitrogens with one attached hydrogen (secondary N) is 1.